The second-order valence-corrected chi connectivity index (χ2v) is 3.76. The van der Waals surface area contributed by atoms with Crippen molar-refractivity contribution in [2.24, 2.45) is 5.73 Å². The third kappa shape index (κ3) is 2.75. The van der Waals surface area contributed by atoms with Crippen LogP contribution in [0.25, 0.3) is 0 Å². The maximum absolute atomic E-state index is 13.0. The average molecular weight is 267 g/mol. The second-order valence-electron chi connectivity index (χ2n) is 3.32. The van der Waals surface area contributed by atoms with Crippen LogP contribution in [0.1, 0.15) is 5.56 Å². The van der Waals surface area contributed by atoms with Gasteiger partial charge in [-0.05, 0) is 6.07 Å². The number of benzene rings is 1. The maximum atomic E-state index is 13.0. The lowest BCUT2D eigenvalue weighted by molar-refractivity contribution is 0.444. The SMILES string of the molecule is NC(=S)c1ccnnc1Oc1cc(F)cc(F)c1. The van der Waals surface area contributed by atoms with Gasteiger partial charge in [0.25, 0.3) is 0 Å². The summed E-state index contributed by atoms with van der Waals surface area (Å²) in [6.45, 7) is 0. The Balaban J connectivity index is 2.37. The first-order valence-corrected chi connectivity index (χ1v) is 5.22. The predicted molar refractivity (Wildman–Crippen MR) is 64.4 cm³/mol. The van der Waals surface area contributed by atoms with Gasteiger partial charge in [0.2, 0.25) is 5.88 Å². The van der Waals surface area contributed by atoms with E-state index in [0.29, 0.717) is 5.56 Å². The van der Waals surface area contributed by atoms with Crippen LogP contribution >= 0.6 is 12.2 Å². The molecule has 4 nitrogen and oxygen atoms in total. The number of nitrogens with zero attached hydrogens (tertiary/aromatic N) is 2. The van der Waals surface area contributed by atoms with E-state index in [-0.39, 0.29) is 16.6 Å². The van der Waals surface area contributed by atoms with Gasteiger partial charge in [-0.15, -0.1) is 5.10 Å². The highest BCUT2D eigenvalue weighted by atomic mass is 32.1. The van der Waals surface area contributed by atoms with Crippen molar-refractivity contribution in [2.75, 3.05) is 0 Å². The van der Waals surface area contributed by atoms with Gasteiger partial charge in [-0.1, -0.05) is 12.2 Å². The molecule has 2 N–H and O–H groups in total. The first-order valence-electron chi connectivity index (χ1n) is 4.81. The van der Waals surface area contributed by atoms with Gasteiger partial charge in [0.1, 0.15) is 22.4 Å². The van der Waals surface area contributed by atoms with E-state index in [2.05, 4.69) is 10.2 Å². The van der Waals surface area contributed by atoms with E-state index in [0.717, 1.165) is 18.2 Å². The summed E-state index contributed by atoms with van der Waals surface area (Å²) in [7, 11) is 0. The molecule has 0 atom stereocenters. The quantitative estimate of drug-likeness (QED) is 0.864. The van der Waals surface area contributed by atoms with Crippen molar-refractivity contribution < 1.29 is 13.5 Å². The van der Waals surface area contributed by atoms with Crippen molar-refractivity contribution in [2.45, 2.75) is 0 Å². The van der Waals surface area contributed by atoms with Crippen LogP contribution in [0.2, 0.25) is 0 Å². The molecule has 0 aliphatic rings. The lowest BCUT2D eigenvalue weighted by atomic mass is 10.3. The summed E-state index contributed by atoms with van der Waals surface area (Å²) in [5.74, 6) is -1.57. The van der Waals surface area contributed by atoms with Crippen LogP contribution in [-0.4, -0.2) is 15.2 Å². The summed E-state index contributed by atoms with van der Waals surface area (Å²) in [4.78, 5) is 0.0526. The highest BCUT2D eigenvalue weighted by molar-refractivity contribution is 7.80. The van der Waals surface area contributed by atoms with E-state index in [4.69, 9.17) is 22.7 Å². The van der Waals surface area contributed by atoms with Gasteiger partial charge in [-0.3, -0.25) is 0 Å². The smallest absolute Gasteiger partial charge is 0.249 e. The van der Waals surface area contributed by atoms with Gasteiger partial charge in [-0.25, -0.2) is 8.78 Å². The fraction of sp³-hybridized carbons (Fsp3) is 0. The monoisotopic (exact) mass is 267 g/mol. The molecule has 1 heterocycles. The Kier molecular flexibility index (Phi) is 3.42. The minimum absolute atomic E-state index is 0.00463. The number of hydrogen-bond donors (Lipinski definition) is 1. The Bertz CT molecular complexity index is 586. The van der Waals surface area contributed by atoms with Gasteiger partial charge >= 0.3 is 0 Å². The number of rotatable bonds is 3. The van der Waals surface area contributed by atoms with Crippen LogP contribution in [0.3, 0.4) is 0 Å². The Hall–Kier alpha value is -2.15. The molecule has 18 heavy (non-hydrogen) atoms. The number of nitrogens with two attached hydrogens (primary N) is 1. The summed E-state index contributed by atoms with van der Waals surface area (Å²) >= 11 is 4.80. The van der Waals surface area contributed by atoms with Gasteiger partial charge in [-0.2, -0.15) is 5.10 Å². The van der Waals surface area contributed by atoms with Gasteiger partial charge in [0.15, 0.2) is 0 Å². The summed E-state index contributed by atoms with van der Waals surface area (Å²) in [6.07, 6.45) is 1.38. The van der Waals surface area contributed by atoms with Gasteiger partial charge in [0, 0.05) is 18.2 Å². The first-order chi connectivity index (χ1) is 8.56. The zero-order chi connectivity index (χ0) is 13.1. The highest BCUT2D eigenvalue weighted by Crippen LogP contribution is 2.23. The van der Waals surface area contributed by atoms with Crippen molar-refractivity contribution in [1.29, 1.82) is 0 Å². The van der Waals surface area contributed by atoms with E-state index >= 15 is 0 Å². The van der Waals surface area contributed by atoms with Crippen LogP contribution in [0, 0.1) is 11.6 Å². The normalized spacial score (nSPS) is 10.1. The van der Waals surface area contributed by atoms with E-state index in [1.807, 2.05) is 0 Å². The Labute approximate surface area is 106 Å². The molecule has 0 saturated carbocycles. The lowest BCUT2D eigenvalue weighted by Crippen LogP contribution is -2.12. The Morgan fingerprint density at radius 3 is 2.50 bits per heavy atom. The third-order valence-electron chi connectivity index (χ3n) is 2.00. The third-order valence-corrected chi connectivity index (χ3v) is 2.22. The number of aromatic nitrogens is 2. The number of hydrogen-bond acceptors (Lipinski definition) is 4. The number of ether oxygens (including phenoxy) is 1. The molecule has 92 valence electrons. The molecule has 1 aromatic carbocycles. The molecule has 0 fully saturated rings. The standard InChI is InChI=1S/C11H7F2N3OS/c12-6-3-7(13)5-8(4-6)17-11-9(10(14)18)1-2-15-16-11/h1-5H,(H2,14,18). The molecule has 0 radical (unpaired) electrons. The maximum Gasteiger partial charge on any atom is 0.249 e. The molecule has 0 amide bonds. The Morgan fingerprint density at radius 2 is 1.89 bits per heavy atom. The van der Waals surface area contributed by atoms with Crippen molar-refractivity contribution in [3.63, 3.8) is 0 Å². The summed E-state index contributed by atoms with van der Waals surface area (Å²) in [6, 6.07) is 4.26. The molecule has 2 aromatic rings. The minimum Gasteiger partial charge on any atom is -0.437 e. The molecule has 0 saturated heterocycles. The van der Waals surface area contributed by atoms with Crippen molar-refractivity contribution in [1.82, 2.24) is 10.2 Å². The largest absolute Gasteiger partial charge is 0.437 e. The van der Waals surface area contributed by atoms with Crippen LogP contribution in [0.4, 0.5) is 8.78 Å². The fourth-order valence-corrected chi connectivity index (χ4v) is 1.44. The molecule has 1 aromatic heterocycles. The van der Waals surface area contributed by atoms with Crippen molar-refractivity contribution in [3.05, 3.63) is 47.7 Å². The summed E-state index contributed by atoms with van der Waals surface area (Å²) in [5, 5.41) is 7.26. The van der Waals surface area contributed by atoms with Crippen LogP contribution in [0.15, 0.2) is 30.5 Å². The average Bonchev–Trinajstić information content (AvgIpc) is 2.27. The molecule has 0 aliphatic heterocycles. The molecular formula is C11H7F2N3OS. The number of halogens is 2. The predicted octanol–water partition coefficient (Wildman–Crippen LogP) is 2.18. The zero-order valence-corrected chi connectivity index (χ0v) is 9.75. The summed E-state index contributed by atoms with van der Waals surface area (Å²) < 4.78 is 31.2. The molecule has 0 unspecified atom stereocenters. The number of thiocarbonyl (C=S) groups is 1. The van der Waals surface area contributed by atoms with Crippen LogP contribution in [0.5, 0.6) is 11.6 Å². The molecule has 2 rings (SSSR count). The highest BCUT2D eigenvalue weighted by Gasteiger charge is 2.10. The van der Waals surface area contributed by atoms with Gasteiger partial charge < -0.3 is 10.5 Å². The van der Waals surface area contributed by atoms with Gasteiger partial charge in [0.05, 0.1) is 11.8 Å². The van der Waals surface area contributed by atoms with Crippen molar-refractivity contribution >= 4 is 17.2 Å². The second kappa shape index (κ2) is 5.01. The topological polar surface area (TPSA) is 61.0 Å². The molecule has 0 spiro atoms. The van der Waals surface area contributed by atoms with Crippen LogP contribution < -0.4 is 10.5 Å². The molecular weight excluding hydrogens is 260 g/mol. The minimum atomic E-state index is -0.759. The summed E-state index contributed by atoms with van der Waals surface area (Å²) in [5.41, 5.74) is 5.80. The lowest BCUT2D eigenvalue weighted by Gasteiger charge is -2.07. The Morgan fingerprint density at radius 1 is 1.22 bits per heavy atom. The van der Waals surface area contributed by atoms with E-state index in [9.17, 15) is 8.78 Å². The fourth-order valence-electron chi connectivity index (χ4n) is 1.28. The molecule has 7 heteroatoms. The first kappa shape index (κ1) is 12.3. The van der Waals surface area contributed by atoms with E-state index < -0.39 is 11.6 Å². The zero-order valence-electron chi connectivity index (χ0n) is 8.93. The van der Waals surface area contributed by atoms with Crippen LogP contribution in [-0.2, 0) is 0 Å². The van der Waals surface area contributed by atoms with Crippen molar-refractivity contribution in [3.8, 4) is 11.6 Å². The van der Waals surface area contributed by atoms with E-state index in [1.165, 1.54) is 12.3 Å². The molecule has 0 aliphatic carbocycles. The molecule has 0 bridgehead atoms. The van der Waals surface area contributed by atoms with E-state index in [1.54, 1.807) is 0 Å².